The van der Waals surface area contributed by atoms with Crippen LogP contribution in [-0.2, 0) is 13.0 Å². The molecule has 0 saturated heterocycles. The molecule has 0 amide bonds. The lowest BCUT2D eigenvalue weighted by atomic mass is 9.98. The van der Waals surface area contributed by atoms with Gasteiger partial charge in [0.05, 0.1) is 29.3 Å². The predicted molar refractivity (Wildman–Crippen MR) is 137 cm³/mol. The molecular weight excluding hydrogens is 492 g/mol. The third-order valence-corrected chi connectivity index (χ3v) is 6.71. The average molecular weight is 516 g/mol. The van der Waals surface area contributed by atoms with Gasteiger partial charge in [0.15, 0.2) is 11.6 Å². The van der Waals surface area contributed by atoms with E-state index < -0.39 is 17.4 Å². The van der Waals surface area contributed by atoms with Crippen molar-refractivity contribution in [1.29, 1.82) is 0 Å². The van der Waals surface area contributed by atoms with Gasteiger partial charge in [-0.2, -0.15) is 10.1 Å². The van der Waals surface area contributed by atoms with Gasteiger partial charge in [-0.25, -0.2) is 18.4 Å². The van der Waals surface area contributed by atoms with E-state index in [1.54, 1.807) is 6.92 Å². The van der Waals surface area contributed by atoms with Gasteiger partial charge in [0, 0.05) is 24.0 Å². The van der Waals surface area contributed by atoms with E-state index in [0.29, 0.717) is 17.1 Å². The smallest absolute Gasteiger partial charge is 0.322 e. The molecule has 0 saturated carbocycles. The first-order chi connectivity index (χ1) is 18.3. The summed E-state index contributed by atoms with van der Waals surface area (Å²) in [5.41, 5.74) is 11.1. The maximum absolute atomic E-state index is 13.9. The number of ether oxygens (including phenoxy) is 1. The monoisotopic (exact) mass is 515 g/mol. The highest BCUT2D eigenvalue weighted by molar-refractivity contribution is 6.12. The third kappa shape index (κ3) is 4.06. The molecule has 2 aromatic carbocycles. The maximum atomic E-state index is 13.9. The second kappa shape index (κ2) is 9.03. The molecule has 0 fully saturated rings. The van der Waals surface area contributed by atoms with Gasteiger partial charge in [-0.3, -0.25) is 4.79 Å². The summed E-state index contributed by atoms with van der Waals surface area (Å²) in [6.45, 7) is 3.51. The number of nitrogens with zero attached hydrogens (tertiary/aromatic N) is 5. The number of aromatic amines is 1. The van der Waals surface area contributed by atoms with Gasteiger partial charge in [0.25, 0.3) is 0 Å². The summed E-state index contributed by atoms with van der Waals surface area (Å²) in [6, 6.07) is 9.19. The topological polar surface area (TPSA) is 115 Å². The third-order valence-electron chi connectivity index (χ3n) is 6.71. The highest BCUT2D eigenvalue weighted by atomic mass is 19.1. The fraction of sp³-hybridized carbons (Fsp3) is 0.185. The van der Waals surface area contributed by atoms with Gasteiger partial charge in [-0.1, -0.05) is 6.07 Å². The van der Waals surface area contributed by atoms with Crippen LogP contribution < -0.4 is 10.5 Å². The number of halogens is 2. The number of ketones is 1. The number of aryl methyl sites for hydroxylation is 1. The standard InChI is InChI=1S/C27H23F2N7O2/c1-14-23(12-31-27(33-14)38-25-19(28)4-3-5-20(25)29)36-26(30)18(11-32-36)24(37)22-9-16-8-15-6-7-35(2)13-17(15)10-21(16)34-22/h3-5,8-12,34H,6-7,13,30H2,1-2H3. The summed E-state index contributed by atoms with van der Waals surface area (Å²) >= 11 is 0. The number of benzene rings is 2. The zero-order chi connectivity index (χ0) is 26.6. The Morgan fingerprint density at radius 2 is 1.92 bits per heavy atom. The molecule has 9 nitrogen and oxygen atoms in total. The minimum Gasteiger partial charge on any atom is -0.418 e. The number of rotatable bonds is 5. The van der Waals surface area contributed by atoms with E-state index in [4.69, 9.17) is 10.5 Å². The molecule has 0 unspecified atom stereocenters. The van der Waals surface area contributed by atoms with Crippen LogP contribution in [0.15, 0.2) is 48.8 Å². The molecule has 5 aromatic rings. The zero-order valence-corrected chi connectivity index (χ0v) is 20.6. The first kappa shape index (κ1) is 23.7. The van der Waals surface area contributed by atoms with Gasteiger partial charge in [0.2, 0.25) is 11.5 Å². The van der Waals surface area contributed by atoms with Crippen molar-refractivity contribution < 1.29 is 18.3 Å². The minimum atomic E-state index is -0.876. The van der Waals surface area contributed by atoms with E-state index >= 15 is 0 Å². The summed E-state index contributed by atoms with van der Waals surface area (Å²) in [5.74, 6) is -2.54. The first-order valence-electron chi connectivity index (χ1n) is 12.0. The molecule has 0 spiro atoms. The van der Waals surface area contributed by atoms with Crippen LogP contribution >= 0.6 is 0 Å². The number of nitrogens with one attached hydrogen (secondary N) is 1. The normalized spacial score (nSPS) is 13.6. The Kier molecular flexibility index (Phi) is 5.64. The Morgan fingerprint density at radius 3 is 2.68 bits per heavy atom. The lowest BCUT2D eigenvalue weighted by molar-refractivity contribution is 0.103. The molecule has 1 aliphatic rings. The molecule has 4 heterocycles. The van der Waals surface area contributed by atoms with E-state index in [1.807, 2.05) is 6.07 Å². The Bertz CT molecular complexity index is 1710. The van der Waals surface area contributed by atoms with Crippen LogP contribution in [-0.4, -0.2) is 49.0 Å². The van der Waals surface area contributed by atoms with E-state index in [0.717, 1.165) is 42.5 Å². The maximum Gasteiger partial charge on any atom is 0.322 e. The van der Waals surface area contributed by atoms with E-state index in [2.05, 4.69) is 44.1 Å². The Hall–Kier alpha value is -4.64. The number of hydrogen-bond donors (Lipinski definition) is 2. The van der Waals surface area contributed by atoms with Gasteiger partial charge in [-0.15, -0.1) is 0 Å². The fourth-order valence-electron chi connectivity index (χ4n) is 4.69. The molecule has 0 radical (unpaired) electrons. The lowest BCUT2D eigenvalue weighted by Crippen LogP contribution is -2.26. The number of fused-ring (bicyclic) bond motifs is 2. The summed E-state index contributed by atoms with van der Waals surface area (Å²) in [6.07, 6.45) is 3.72. The quantitative estimate of drug-likeness (QED) is 0.335. The lowest BCUT2D eigenvalue weighted by Gasteiger charge is -2.24. The molecule has 6 rings (SSSR count). The number of hydrogen-bond acceptors (Lipinski definition) is 7. The highest BCUT2D eigenvalue weighted by Crippen LogP contribution is 2.29. The van der Waals surface area contributed by atoms with Crippen molar-refractivity contribution in [2.75, 3.05) is 19.3 Å². The number of carbonyl (C=O) groups excluding carboxylic acids is 1. The Morgan fingerprint density at radius 1 is 1.13 bits per heavy atom. The van der Waals surface area contributed by atoms with Crippen LogP contribution in [0.25, 0.3) is 16.6 Å². The summed E-state index contributed by atoms with van der Waals surface area (Å²) in [5, 5.41) is 5.24. The number of nitrogens with two attached hydrogens (primary N) is 1. The predicted octanol–water partition coefficient (Wildman–Crippen LogP) is 4.32. The largest absolute Gasteiger partial charge is 0.418 e. The van der Waals surface area contributed by atoms with Crippen molar-refractivity contribution in [3.63, 3.8) is 0 Å². The number of aromatic nitrogens is 5. The second-order valence-corrected chi connectivity index (χ2v) is 9.34. The van der Waals surface area contributed by atoms with Crippen molar-refractivity contribution >= 4 is 22.5 Å². The fourth-order valence-corrected chi connectivity index (χ4v) is 4.69. The van der Waals surface area contributed by atoms with E-state index in [1.165, 1.54) is 34.3 Å². The molecule has 38 heavy (non-hydrogen) atoms. The molecule has 1 aliphatic heterocycles. The van der Waals surface area contributed by atoms with Crippen molar-refractivity contribution in [1.82, 2.24) is 29.6 Å². The summed E-state index contributed by atoms with van der Waals surface area (Å²) in [4.78, 5) is 27.1. The number of likely N-dealkylation sites (N-methyl/N-ethyl adjacent to an activating group) is 1. The first-order valence-corrected chi connectivity index (χ1v) is 12.0. The number of carbonyl (C=O) groups is 1. The number of H-pyrrole nitrogens is 1. The summed E-state index contributed by atoms with van der Waals surface area (Å²) in [7, 11) is 2.09. The van der Waals surface area contributed by atoms with Crippen molar-refractivity contribution in [3.8, 4) is 17.4 Å². The van der Waals surface area contributed by atoms with E-state index in [9.17, 15) is 13.6 Å². The molecule has 3 N–H and O–H groups in total. The van der Waals surface area contributed by atoms with Crippen LogP contribution in [0, 0.1) is 18.6 Å². The molecule has 0 aliphatic carbocycles. The van der Waals surface area contributed by atoms with Crippen LogP contribution in [0.3, 0.4) is 0 Å². The van der Waals surface area contributed by atoms with Crippen LogP contribution in [0.1, 0.15) is 32.9 Å². The van der Waals surface area contributed by atoms with Crippen molar-refractivity contribution in [3.05, 3.63) is 88.5 Å². The highest BCUT2D eigenvalue weighted by Gasteiger charge is 2.22. The molecule has 0 atom stereocenters. The van der Waals surface area contributed by atoms with Gasteiger partial charge in [0.1, 0.15) is 11.5 Å². The second-order valence-electron chi connectivity index (χ2n) is 9.34. The molecular formula is C27H23F2N7O2. The molecule has 192 valence electrons. The SMILES string of the molecule is Cc1nc(Oc2c(F)cccc2F)ncc1-n1ncc(C(=O)c2cc3cc4c(cc3[nH]2)CN(C)CC4)c1N. The van der Waals surface area contributed by atoms with Crippen molar-refractivity contribution in [2.45, 2.75) is 19.9 Å². The van der Waals surface area contributed by atoms with Crippen LogP contribution in [0.4, 0.5) is 14.6 Å². The van der Waals surface area contributed by atoms with Gasteiger partial charge >= 0.3 is 6.01 Å². The average Bonchev–Trinajstić information content (AvgIpc) is 3.47. The Balaban J connectivity index is 1.28. The molecule has 3 aromatic heterocycles. The van der Waals surface area contributed by atoms with Gasteiger partial charge < -0.3 is 20.4 Å². The van der Waals surface area contributed by atoms with Crippen molar-refractivity contribution in [2.24, 2.45) is 0 Å². The van der Waals surface area contributed by atoms with Crippen LogP contribution in [0.2, 0.25) is 0 Å². The zero-order valence-electron chi connectivity index (χ0n) is 20.6. The Labute approximate surface area is 215 Å². The molecule has 0 bridgehead atoms. The summed E-state index contributed by atoms with van der Waals surface area (Å²) < 4.78 is 34.4. The van der Waals surface area contributed by atoms with Crippen LogP contribution in [0.5, 0.6) is 11.8 Å². The van der Waals surface area contributed by atoms with E-state index in [-0.39, 0.29) is 23.2 Å². The molecule has 11 heteroatoms. The number of para-hydroxylation sites is 1. The van der Waals surface area contributed by atoms with Gasteiger partial charge in [-0.05, 0) is 61.9 Å². The number of nitrogen functional groups attached to an aromatic ring is 1. The minimum absolute atomic E-state index is 0.107. The number of anilines is 1.